The molecular formula is C22H30N2O. The van der Waals surface area contributed by atoms with E-state index >= 15 is 0 Å². The maximum absolute atomic E-state index is 12.6. The lowest BCUT2D eigenvalue weighted by Gasteiger charge is -2.37. The smallest absolute Gasteiger partial charge is 0.225 e. The van der Waals surface area contributed by atoms with Gasteiger partial charge in [0.1, 0.15) is 0 Å². The Bertz CT molecular complexity index is 710. The average molecular weight is 338 g/mol. The lowest BCUT2D eigenvalue weighted by atomic mass is 9.92. The minimum absolute atomic E-state index is 0.205. The molecule has 1 amide bonds. The summed E-state index contributed by atoms with van der Waals surface area (Å²) < 4.78 is 0. The minimum atomic E-state index is 0.205. The summed E-state index contributed by atoms with van der Waals surface area (Å²) in [6, 6.07) is 15.6. The van der Waals surface area contributed by atoms with E-state index in [0.717, 1.165) is 39.0 Å². The number of piperidine rings is 1. The van der Waals surface area contributed by atoms with Crippen LogP contribution >= 0.6 is 0 Å². The van der Waals surface area contributed by atoms with Gasteiger partial charge in [0.15, 0.2) is 0 Å². The molecule has 0 radical (unpaired) electrons. The summed E-state index contributed by atoms with van der Waals surface area (Å²) in [6.07, 6.45) is 1.95. The van der Waals surface area contributed by atoms with Gasteiger partial charge in [0.05, 0.1) is 0 Å². The van der Waals surface area contributed by atoms with E-state index in [1.807, 2.05) is 4.90 Å². The maximum atomic E-state index is 12.6. The second-order valence-electron chi connectivity index (χ2n) is 7.07. The normalized spacial score (nSPS) is 17.6. The Kier molecular flexibility index (Phi) is 5.74. The van der Waals surface area contributed by atoms with Gasteiger partial charge in [-0.1, -0.05) is 42.5 Å². The lowest BCUT2D eigenvalue weighted by molar-refractivity contribution is -0.136. The van der Waals surface area contributed by atoms with Gasteiger partial charge < -0.3 is 4.90 Å². The van der Waals surface area contributed by atoms with Crippen molar-refractivity contribution in [3.63, 3.8) is 0 Å². The Labute approximate surface area is 151 Å². The van der Waals surface area contributed by atoms with E-state index < -0.39 is 0 Å². The van der Waals surface area contributed by atoms with Gasteiger partial charge in [0, 0.05) is 25.0 Å². The van der Waals surface area contributed by atoms with Crippen LogP contribution in [0.15, 0.2) is 42.5 Å². The van der Waals surface area contributed by atoms with Gasteiger partial charge in [0.2, 0.25) is 5.91 Å². The fraction of sp³-hybridized carbons (Fsp3) is 0.500. The number of rotatable bonds is 5. The predicted molar refractivity (Wildman–Crippen MR) is 105 cm³/mol. The molecule has 1 aliphatic heterocycles. The molecular weight excluding hydrogens is 308 g/mol. The van der Waals surface area contributed by atoms with Crippen LogP contribution < -0.4 is 0 Å². The monoisotopic (exact) mass is 338 g/mol. The number of hydrogen-bond donors (Lipinski definition) is 0. The standard InChI is InChI=1S/C22H30N2O/c1-4-23(5-2)22(25)19-13-15-24(16-14-19)17(3)20-12-8-10-18-9-6-7-11-21(18)20/h6-12,17,19H,4-5,13-16H2,1-3H3. The first-order chi connectivity index (χ1) is 12.2. The van der Waals surface area contributed by atoms with Crippen molar-refractivity contribution in [3.8, 4) is 0 Å². The molecule has 1 heterocycles. The molecule has 1 saturated heterocycles. The van der Waals surface area contributed by atoms with E-state index in [-0.39, 0.29) is 5.92 Å². The largest absolute Gasteiger partial charge is 0.343 e. The van der Waals surface area contributed by atoms with Crippen molar-refractivity contribution in [2.75, 3.05) is 26.2 Å². The first-order valence-corrected chi connectivity index (χ1v) is 9.66. The molecule has 3 nitrogen and oxygen atoms in total. The van der Waals surface area contributed by atoms with Crippen molar-refractivity contribution in [3.05, 3.63) is 48.0 Å². The Morgan fingerprint density at radius 1 is 1.08 bits per heavy atom. The maximum Gasteiger partial charge on any atom is 0.225 e. The van der Waals surface area contributed by atoms with E-state index in [2.05, 4.69) is 68.1 Å². The molecule has 2 aromatic rings. The van der Waals surface area contributed by atoms with Crippen LogP contribution in [0.25, 0.3) is 10.8 Å². The quantitative estimate of drug-likeness (QED) is 0.802. The summed E-state index contributed by atoms with van der Waals surface area (Å²) in [5.74, 6) is 0.554. The molecule has 2 aromatic carbocycles. The van der Waals surface area contributed by atoms with Crippen molar-refractivity contribution in [1.82, 2.24) is 9.80 Å². The Morgan fingerprint density at radius 2 is 1.72 bits per heavy atom. The van der Waals surface area contributed by atoms with Crippen LogP contribution in [0.5, 0.6) is 0 Å². The van der Waals surface area contributed by atoms with Crippen molar-refractivity contribution >= 4 is 16.7 Å². The Balaban J connectivity index is 1.69. The number of fused-ring (bicyclic) bond motifs is 1. The van der Waals surface area contributed by atoms with Gasteiger partial charge in [-0.3, -0.25) is 9.69 Å². The minimum Gasteiger partial charge on any atom is -0.343 e. The third-order valence-corrected chi connectivity index (χ3v) is 5.78. The highest BCUT2D eigenvalue weighted by molar-refractivity contribution is 5.86. The van der Waals surface area contributed by atoms with Gasteiger partial charge in [-0.2, -0.15) is 0 Å². The van der Waals surface area contributed by atoms with Gasteiger partial charge in [-0.05, 0) is 63.0 Å². The number of carbonyl (C=O) groups is 1. The van der Waals surface area contributed by atoms with Gasteiger partial charge in [-0.15, -0.1) is 0 Å². The highest BCUT2D eigenvalue weighted by atomic mass is 16.2. The van der Waals surface area contributed by atoms with Gasteiger partial charge in [-0.25, -0.2) is 0 Å². The highest BCUT2D eigenvalue weighted by Gasteiger charge is 2.29. The average Bonchev–Trinajstić information content (AvgIpc) is 2.68. The second kappa shape index (κ2) is 8.01. The molecule has 134 valence electrons. The summed E-state index contributed by atoms with van der Waals surface area (Å²) in [7, 11) is 0. The van der Waals surface area contributed by atoms with Crippen LogP contribution in [0.3, 0.4) is 0 Å². The zero-order valence-corrected chi connectivity index (χ0v) is 15.7. The SMILES string of the molecule is CCN(CC)C(=O)C1CCN(C(C)c2cccc3ccccc23)CC1. The van der Waals surface area contributed by atoms with Crippen LogP contribution in [-0.2, 0) is 4.79 Å². The molecule has 0 aliphatic carbocycles. The summed E-state index contributed by atoms with van der Waals surface area (Å²) in [4.78, 5) is 17.1. The summed E-state index contributed by atoms with van der Waals surface area (Å²) >= 11 is 0. The van der Waals surface area contributed by atoms with Crippen molar-refractivity contribution < 1.29 is 4.79 Å². The molecule has 3 heteroatoms. The molecule has 1 aliphatic rings. The fourth-order valence-corrected chi connectivity index (χ4v) is 4.14. The van der Waals surface area contributed by atoms with E-state index in [4.69, 9.17) is 0 Å². The molecule has 25 heavy (non-hydrogen) atoms. The first kappa shape index (κ1) is 17.9. The molecule has 1 atom stereocenters. The lowest BCUT2D eigenvalue weighted by Crippen LogP contribution is -2.43. The molecule has 1 fully saturated rings. The summed E-state index contributed by atoms with van der Waals surface area (Å²) in [6.45, 7) is 10.1. The number of likely N-dealkylation sites (tertiary alicyclic amines) is 1. The van der Waals surface area contributed by atoms with Crippen LogP contribution in [0.1, 0.15) is 45.2 Å². The van der Waals surface area contributed by atoms with Crippen molar-refractivity contribution in [2.24, 2.45) is 5.92 Å². The van der Waals surface area contributed by atoms with Gasteiger partial charge in [0.25, 0.3) is 0 Å². The number of amides is 1. The zero-order chi connectivity index (χ0) is 17.8. The predicted octanol–water partition coefficient (Wildman–Crippen LogP) is 4.48. The second-order valence-corrected chi connectivity index (χ2v) is 7.07. The van der Waals surface area contributed by atoms with Crippen molar-refractivity contribution in [1.29, 1.82) is 0 Å². The summed E-state index contributed by atoms with van der Waals surface area (Å²) in [5, 5.41) is 2.65. The van der Waals surface area contributed by atoms with E-state index in [9.17, 15) is 4.79 Å². The van der Waals surface area contributed by atoms with Crippen LogP contribution in [0.2, 0.25) is 0 Å². The molecule has 0 saturated carbocycles. The fourth-order valence-electron chi connectivity index (χ4n) is 4.14. The van der Waals surface area contributed by atoms with Crippen LogP contribution in [0.4, 0.5) is 0 Å². The molecule has 0 aromatic heterocycles. The molecule has 0 spiro atoms. The number of benzene rings is 2. The summed E-state index contributed by atoms with van der Waals surface area (Å²) in [5.41, 5.74) is 1.40. The van der Waals surface area contributed by atoms with Gasteiger partial charge >= 0.3 is 0 Å². The third kappa shape index (κ3) is 3.72. The molecule has 0 bridgehead atoms. The third-order valence-electron chi connectivity index (χ3n) is 5.78. The number of hydrogen-bond acceptors (Lipinski definition) is 2. The van der Waals surface area contributed by atoms with Crippen LogP contribution in [0, 0.1) is 5.92 Å². The van der Waals surface area contributed by atoms with E-state index in [0.29, 0.717) is 11.9 Å². The zero-order valence-electron chi connectivity index (χ0n) is 15.7. The molecule has 0 N–H and O–H groups in total. The van der Waals surface area contributed by atoms with E-state index in [1.54, 1.807) is 0 Å². The molecule has 3 rings (SSSR count). The topological polar surface area (TPSA) is 23.6 Å². The number of carbonyl (C=O) groups excluding carboxylic acids is 1. The Hall–Kier alpha value is -1.87. The highest BCUT2D eigenvalue weighted by Crippen LogP contribution is 2.31. The van der Waals surface area contributed by atoms with E-state index in [1.165, 1.54) is 16.3 Å². The molecule has 1 unspecified atom stereocenters. The number of nitrogens with zero attached hydrogens (tertiary/aromatic N) is 2. The van der Waals surface area contributed by atoms with Crippen molar-refractivity contribution in [2.45, 2.75) is 39.7 Å². The Morgan fingerprint density at radius 3 is 2.40 bits per heavy atom. The van der Waals surface area contributed by atoms with Crippen LogP contribution in [-0.4, -0.2) is 41.9 Å². The first-order valence-electron chi connectivity index (χ1n) is 9.66.